The Balaban J connectivity index is 3.96. The molecule has 0 aromatic rings. The third-order valence-corrected chi connectivity index (χ3v) is 8.99. The molecule has 1 atom stereocenters. The van der Waals surface area contributed by atoms with Crippen molar-refractivity contribution in [2.45, 2.75) is 40.2 Å². The van der Waals surface area contributed by atoms with E-state index >= 15 is 0 Å². The van der Waals surface area contributed by atoms with Crippen LogP contribution in [0.4, 0.5) is 4.79 Å². The Morgan fingerprint density at radius 2 is 1.59 bits per heavy atom. The van der Waals surface area contributed by atoms with Crippen molar-refractivity contribution in [2.24, 2.45) is 5.92 Å². The molecule has 0 rings (SSSR count). The van der Waals surface area contributed by atoms with Gasteiger partial charge in [0.15, 0.2) is 0 Å². The minimum Gasteiger partial charge on any atom is -0.464 e. The number of thioether (sulfide) groups is 1. The maximum Gasteiger partial charge on any atom is 0.500 e. The first-order chi connectivity index (χ1) is 15.1. The molecular weight excluding hydrogens is 480 g/mol. The summed E-state index contributed by atoms with van der Waals surface area (Å²) in [6.45, 7) is 9.42. The minimum absolute atomic E-state index is 0.278. The van der Waals surface area contributed by atoms with Crippen molar-refractivity contribution in [1.29, 1.82) is 0 Å². The van der Waals surface area contributed by atoms with Gasteiger partial charge in [-0.25, -0.2) is 4.79 Å². The van der Waals surface area contributed by atoms with Gasteiger partial charge in [-0.3, -0.25) is 9.35 Å². The van der Waals surface area contributed by atoms with E-state index in [0.29, 0.717) is 56.9 Å². The van der Waals surface area contributed by atoms with Gasteiger partial charge in [0.25, 0.3) is 10.1 Å². The lowest BCUT2D eigenvalue weighted by Crippen LogP contribution is -2.46. The number of carbonyl (C=O) groups is 2. The molecule has 0 bridgehead atoms. The summed E-state index contributed by atoms with van der Waals surface area (Å²) in [4.78, 5) is 23.6. The van der Waals surface area contributed by atoms with Crippen molar-refractivity contribution in [3.05, 3.63) is 0 Å². The second-order valence-electron chi connectivity index (χ2n) is 6.70. The highest BCUT2D eigenvalue weighted by atomic mass is 32.2. The van der Waals surface area contributed by atoms with Crippen LogP contribution in [-0.2, 0) is 32.9 Å². The van der Waals surface area contributed by atoms with E-state index in [1.54, 1.807) is 6.92 Å². The Bertz CT molecular complexity index is 621. The van der Waals surface area contributed by atoms with Gasteiger partial charge in [0.2, 0.25) is 0 Å². The van der Waals surface area contributed by atoms with E-state index in [1.807, 2.05) is 20.8 Å². The highest BCUT2D eigenvalue weighted by molar-refractivity contribution is 7.99. The number of rotatable bonds is 19. The van der Waals surface area contributed by atoms with E-state index in [-0.39, 0.29) is 12.6 Å². The molecule has 0 radical (unpaired) electrons. The van der Waals surface area contributed by atoms with Gasteiger partial charge in [-0.2, -0.15) is 20.2 Å². The molecule has 0 spiro atoms. The summed E-state index contributed by atoms with van der Waals surface area (Å²) in [5.74, 6) is -0.514. The number of esters is 1. The van der Waals surface area contributed by atoms with Crippen molar-refractivity contribution in [2.75, 3.05) is 56.8 Å². The molecule has 0 aliphatic rings. The summed E-state index contributed by atoms with van der Waals surface area (Å²) < 4.78 is 51.9. The number of carbonyl (C=O) groups excluding carboxylic acids is 2. The average molecular weight is 519 g/mol. The molecule has 0 fully saturated rings. The van der Waals surface area contributed by atoms with Crippen LogP contribution in [0.1, 0.15) is 34.1 Å². The summed E-state index contributed by atoms with van der Waals surface area (Å²) in [5, 5.41) is 5.53. The van der Waals surface area contributed by atoms with E-state index in [4.69, 9.17) is 22.6 Å². The minimum atomic E-state index is -4.15. The van der Waals surface area contributed by atoms with Gasteiger partial charge in [-0.15, -0.1) is 0 Å². The zero-order chi connectivity index (χ0) is 24.5. The molecule has 0 saturated carbocycles. The topological polar surface area (TPSA) is 149 Å². The van der Waals surface area contributed by atoms with Gasteiger partial charge in [-0.05, 0) is 27.2 Å². The molecule has 0 aromatic heterocycles. The Hall–Kier alpha value is -0.903. The lowest BCUT2D eigenvalue weighted by atomic mass is 10.2. The average Bonchev–Trinajstić information content (AvgIpc) is 2.70. The van der Waals surface area contributed by atoms with E-state index in [0.717, 1.165) is 0 Å². The molecule has 3 N–H and O–H groups in total. The van der Waals surface area contributed by atoms with Crippen LogP contribution in [0.5, 0.6) is 0 Å². The first-order valence-corrected chi connectivity index (χ1v) is 15.4. The number of nitrogens with one attached hydrogen (secondary N) is 2. The third-order valence-electron chi connectivity index (χ3n) is 3.93. The molecular formula is C18H38N2O9S2Si. The fraction of sp³-hybridized carbons (Fsp3) is 0.889. The molecule has 0 heterocycles. The van der Waals surface area contributed by atoms with Crippen molar-refractivity contribution in [3.63, 3.8) is 0 Å². The fourth-order valence-corrected chi connectivity index (χ4v) is 6.33. The molecule has 2 amide bonds. The molecule has 0 aromatic carbocycles. The maximum absolute atomic E-state index is 11.9. The molecule has 0 saturated heterocycles. The van der Waals surface area contributed by atoms with E-state index in [2.05, 4.69) is 10.6 Å². The number of ether oxygens (including phenoxy) is 1. The van der Waals surface area contributed by atoms with Crippen LogP contribution in [0.25, 0.3) is 0 Å². The monoisotopic (exact) mass is 518 g/mol. The number of hydrogen-bond acceptors (Lipinski definition) is 9. The predicted octanol–water partition coefficient (Wildman–Crippen LogP) is 1.52. The van der Waals surface area contributed by atoms with Crippen molar-refractivity contribution in [1.82, 2.24) is 10.6 Å². The first kappa shape index (κ1) is 31.1. The molecule has 190 valence electrons. The maximum atomic E-state index is 11.9. The highest BCUT2D eigenvalue weighted by Gasteiger charge is 2.39. The van der Waals surface area contributed by atoms with E-state index in [1.165, 1.54) is 11.8 Å². The standard InChI is InChI=1S/C18H38N2O9S2Si/c1-5-27-32(28-6-2,29-7-3)14-8-9-19-18(22)20-10-12-30-15-16(4)17(21)26-11-13-31(23,24)25/h16H,5-15H2,1-4H3,(H2,19,20,22)(H,23,24,25). The number of hydrogen-bond donors (Lipinski definition) is 3. The highest BCUT2D eigenvalue weighted by Crippen LogP contribution is 2.17. The molecule has 0 aliphatic heterocycles. The summed E-state index contributed by atoms with van der Waals surface area (Å²) in [6.07, 6.45) is 0.672. The Morgan fingerprint density at radius 1 is 1.03 bits per heavy atom. The van der Waals surface area contributed by atoms with Crippen LogP contribution < -0.4 is 10.6 Å². The van der Waals surface area contributed by atoms with Crippen molar-refractivity contribution < 1.29 is 40.6 Å². The third kappa shape index (κ3) is 15.8. The SMILES string of the molecule is CCO[Si](CCCNC(=O)NCCSCC(C)C(=O)OCCS(=O)(=O)O)(OCC)OCC. The lowest BCUT2D eigenvalue weighted by molar-refractivity contribution is -0.146. The zero-order valence-electron chi connectivity index (χ0n) is 19.4. The van der Waals surface area contributed by atoms with Crippen molar-refractivity contribution >= 4 is 42.7 Å². The number of amides is 2. The summed E-state index contributed by atoms with van der Waals surface area (Å²) in [5.41, 5.74) is 0. The Labute approximate surface area is 196 Å². The second-order valence-corrected chi connectivity index (χ2v) is 12.2. The molecule has 11 nitrogen and oxygen atoms in total. The Morgan fingerprint density at radius 3 is 2.12 bits per heavy atom. The second kappa shape index (κ2) is 17.6. The summed E-state index contributed by atoms with van der Waals surface area (Å²) >= 11 is 1.46. The first-order valence-electron chi connectivity index (χ1n) is 10.7. The van der Waals surface area contributed by atoms with Gasteiger partial charge in [-0.1, -0.05) is 6.92 Å². The van der Waals surface area contributed by atoms with E-state index in [9.17, 15) is 18.0 Å². The van der Waals surface area contributed by atoms with Crippen LogP contribution in [-0.4, -0.2) is 90.6 Å². The van der Waals surface area contributed by atoms with Gasteiger partial charge in [0.1, 0.15) is 12.4 Å². The van der Waals surface area contributed by atoms with Crippen LogP contribution in [0.15, 0.2) is 0 Å². The van der Waals surface area contributed by atoms with Gasteiger partial charge in [0, 0.05) is 50.5 Å². The normalized spacial score (nSPS) is 12.9. The van der Waals surface area contributed by atoms with Gasteiger partial charge in [0.05, 0.1) is 5.92 Å². The molecule has 32 heavy (non-hydrogen) atoms. The fourth-order valence-electron chi connectivity index (χ4n) is 2.53. The summed E-state index contributed by atoms with van der Waals surface area (Å²) in [7, 11) is -6.84. The van der Waals surface area contributed by atoms with Crippen LogP contribution in [0.3, 0.4) is 0 Å². The van der Waals surface area contributed by atoms with Gasteiger partial charge < -0.3 is 28.6 Å². The molecule has 1 unspecified atom stereocenters. The van der Waals surface area contributed by atoms with Crippen molar-refractivity contribution in [3.8, 4) is 0 Å². The predicted molar refractivity (Wildman–Crippen MR) is 125 cm³/mol. The zero-order valence-corrected chi connectivity index (χ0v) is 22.0. The van der Waals surface area contributed by atoms with Crippen LogP contribution in [0, 0.1) is 5.92 Å². The van der Waals surface area contributed by atoms with Gasteiger partial charge >= 0.3 is 20.8 Å². The molecule has 14 heteroatoms. The Kier molecular flexibility index (Phi) is 17.1. The molecule has 0 aliphatic carbocycles. The van der Waals surface area contributed by atoms with E-state index < -0.39 is 36.6 Å². The van der Waals surface area contributed by atoms with Crippen LogP contribution in [0.2, 0.25) is 6.04 Å². The summed E-state index contributed by atoms with van der Waals surface area (Å²) in [6, 6.07) is 0.344. The quantitative estimate of drug-likeness (QED) is 0.0994. The van der Waals surface area contributed by atoms with Crippen LogP contribution >= 0.6 is 11.8 Å². The lowest BCUT2D eigenvalue weighted by Gasteiger charge is -2.28. The number of urea groups is 1. The smallest absolute Gasteiger partial charge is 0.464 e. The largest absolute Gasteiger partial charge is 0.500 e.